The molecule has 112 valence electrons. The first-order valence-electron chi connectivity index (χ1n) is 7.76. The molecule has 1 aliphatic heterocycles. The van der Waals surface area contributed by atoms with E-state index in [0.717, 1.165) is 44.8 Å². The Morgan fingerprint density at radius 1 is 1.00 bits per heavy atom. The highest BCUT2D eigenvalue weighted by molar-refractivity contribution is 5.89. The molecule has 20 heavy (non-hydrogen) atoms. The largest absolute Gasteiger partial charge is 0.393 e. The summed E-state index contributed by atoms with van der Waals surface area (Å²) in [5, 5.41) is 0. The van der Waals surface area contributed by atoms with Gasteiger partial charge in [-0.25, -0.2) is 0 Å². The Hall–Kier alpha value is -1.19. The molecule has 1 saturated heterocycles. The van der Waals surface area contributed by atoms with Gasteiger partial charge in [-0.2, -0.15) is 0 Å². The van der Waals surface area contributed by atoms with Gasteiger partial charge in [0.25, 0.3) is 0 Å². The molecule has 1 heterocycles. The highest BCUT2D eigenvalue weighted by atomic mass is 16.6. The third-order valence-electron chi connectivity index (χ3n) is 4.78. The molecular weight excluding hydrogens is 256 g/mol. The number of esters is 2. The third kappa shape index (κ3) is 3.68. The highest BCUT2D eigenvalue weighted by Gasteiger charge is 2.37. The first-order chi connectivity index (χ1) is 9.54. The lowest BCUT2D eigenvalue weighted by Crippen LogP contribution is -2.27. The molecule has 4 heteroatoms. The molecule has 4 nitrogen and oxygen atoms in total. The van der Waals surface area contributed by atoms with Crippen molar-refractivity contribution in [3.63, 3.8) is 0 Å². The molecule has 1 saturated carbocycles. The van der Waals surface area contributed by atoms with Gasteiger partial charge in [0.1, 0.15) is 6.29 Å². The normalized spacial score (nSPS) is 36.5. The van der Waals surface area contributed by atoms with Crippen LogP contribution in [0.2, 0.25) is 0 Å². The van der Waals surface area contributed by atoms with Gasteiger partial charge >= 0.3 is 11.9 Å². The summed E-state index contributed by atoms with van der Waals surface area (Å²) < 4.78 is 5.00. The van der Waals surface area contributed by atoms with E-state index in [1.807, 2.05) is 6.92 Å². The Kier molecular flexibility index (Phi) is 4.95. The lowest BCUT2D eigenvalue weighted by atomic mass is 9.76. The van der Waals surface area contributed by atoms with Crippen molar-refractivity contribution >= 4 is 18.2 Å². The van der Waals surface area contributed by atoms with Crippen molar-refractivity contribution in [3.05, 3.63) is 0 Å². The van der Waals surface area contributed by atoms with E-state index in [4.69, 9.17) is 4.74 Å². The Labute approximate surface area is 120 Å². The van der Waals surface area contributed by atoms with Crippen molar-refractivity contribution in [2.45, 2.75) is 64.7 Å². The molecule has 2 rings (SSSR count). The zero-order valence-corrected chi connectivity index (χ0v) is 12.2. The predicted octanol–water partition coefficient (Wildman–Crippen LogP) is 3.03. The number of hydrogen-bond acceptors (Lipinski definition) is 4. The quantitative estimate of drug-likeness (QED) is 0.421. The van der Waals surface area contributed by atoms with Crippen LogP contribution in [0.5, 0.6) is 0 Å². The lowest BCUT2D eigenvalue weighted by molar-refractivity contribution is -0.164. The van der Waals surface area contributed by atoms with Crippen molar-refractivity contribution in [3.8, 4) is 0 Å². The Morgan fingerprint density at radius 2 is 1.65 bits per heavy atom. The van der Waals surface area contributed by atoms with Crippen LogP contribution in [0.1, 0.15) is 64.7 Å². The van der Waals surface area contributed by atoms with Crippen LogP contribution in [-0.4, -0.2) is 18.2 Å². The van der Waals surface area contributed by atoms with Crippen molar-refractivity contribution in [1.82, 2.24) is 0 Å². The van der Waals surface area contributed by atoms with E-state index in [-0.39, 0.29) is 17.8 Å². The Bertz CT molecular complexity index is 390. The Morgan fingerprint density at radius 3 is 2.40 bits per heavy atom. The average molecular weight is 280 g/mol. The number of hydrogen-bond donors (Lipinski definition) is 0. The molecule has 0 amide bonds. The van der Waals surface area contributed by atoms with Crippen molar-refractivity contribution in [2.24, 2.45) is 17.3 Å². The van der Waals surface area contributed by atoms with Gasteiger partial charge in [0.2, 0.25) is 0 Å². The minimum Gasteiger partial charge on any atom is -0.393 e. The molecule has 3 atom stereocenters. The van der Waals surface area contributed by atoms with Gasteiger partial charge in [0.15, 0.2) is 0 Å². The molecule has 0 aromatic heterocycles. The van der Waals surface area contributed by atoms with Gasteiger partial charge in [0.05, 0.1) is 11.8 Å². The van der Waals surface area contributed by atoms with Gasteiger partial charge in [-0.3, -0.25) is 9.59 Å². The number of fused-ring (bicyclic) bond motifs is 3. The Balaban J connectivity index is 2.18. The minimum absolute atomic E-state index is 0.133. The fourth-order valence-corrected chi connectivity index (χ4v) is 3.40. The first-order valence-corrected chi connectivity index (χ1v) is 7.76. The molecule has 0 spiro atoms. The molecule has 0 radical (unpaired) electrons. The summed E-state index contributed by atoms with van der Waals surface area (Å²) >= 11 is 0. The number of carbonyl (C=O) groups excluding carboxylic acids is 3. The number of rotatable bonds is 1. The van der Waals surface area contributed by atoms with E-state index in [2.05, 4.69) is 0 Å². The maximum absolute atomic E-state index is 12.0. The second-order valence-corrected chi connectivity index (χ2v) is 6.64. The molecule has 0 aromatic carbocycles. The topological polar surface area (TPSA) is 60.4 Å². The maximum atomic E-state index is 12.0. The summed E-state index contributed by atoms with van der Waals surface area (Å²) in [6.45, 7) is 1.92. The summed E-state index contributed by atoms with van der Waals surface area (Å²) in [5.41, 5.74) is -0.466. The van der Waals surface area contributed by atoms with E-state index >= 15 is 0 Å². The monoisotopic (exact) mass is 280 g/mol. The second kappa shape index (κ2) is 6.51. The van der Waals surface area contributed by atoms with Crippen LogP contribution in [0.4, 0.5) is 0 Å². The van der Waals surface area contributed by atoms with E-state index in [1.165, 1.54) is 0 Å². The number of aldehydes is 1. The highest BCUT2D eigenvalue weighted by Crippen LogP contribution is 2.36. The van der Waals surface area contributed by atoms with Crippen molar-refractivity contribution in [1.29, 1.82) is 0 Å². The molecule has 0 aromatic rings. The summed E-state index contributed by atoms with van der Waals surface area (Å²) in [4.78, 5) is 35.3. The smallest absolute Gasteiger partial charge is 0.316 e. The lowest BCUT2D eigenvalue weighted by Gasteiger charge is -2.26. The summed E-state index contributed by atoms with van der Waals surface area (Å²) in [7, 11) is 0. The molecule has 1 aliphatic carbocycles. The molecular formula is C16H24O4. The van der Waals surface area contributed by atoms with Crippen LogP contribution in [0.3, 0.4) is 0 Å². The minimum atomic E-state index is -0.466. The maximum Gasteiger partial charge on any atom is 0.316 e. The summed E-state index contributed by atoms with van der Waals surface area (Å²) in [6.07, 6.45) is 8.68. The summed E-state index contributed by atoms with van der Waals surface area (Å²) in [6, 6.07) is 0. The van der Waals surface area contributed by atoms with Gasteiger partial charge in [-0.1, -0.05) is 32.6 Å². The molecule has 2 aliphatic rings. The molecule has 2 fully saturated rings. The van der Waals surface area contributed by atoms with E-state index < -0.39 is 11.4 Å². The van der Waals surface area contributed by atoms with Gasteiger partial charge in [-0.15, -0.1) is 0 Å². The predicted molar refractivity (Wildman–Crippen MR) is 73.8 cm³/mol. The average Bonchev–Trinajstić information content (AvgIpc) is 2.53. The van der Waals surface area contributed by atoms with Crippen LogP contribution in [0.25, 0.3) is 0 Å². The fraction of sp³-hybridized carbons (Fsp3) is 0.812. The van der Waals surface area contributed by atoms with Gasteiger partial charge < -0.3 is 9.53 Å². The summed E-state index contributed by atoms with van der Waals surface area (Å²) in [5.74, 6) is -1.22. The third-order valence-corrected chi connectivity index (χ3v) is 4.78. The molecule has 2 bridgehead atoms. The molecule has 0 N–H and O–H groups in total. The number of ether oxygens (including phenoxy) is 1. The van der Waals surface area contributed by atoms with Crippen molar-refractivity contribution < 1.29 is 19.1 Å². The van der Waals surface area contributed by atoms with E-state index in [9.17, 15) is 14.4 Å². The van der Waals surface area contributed by atoms with Crippen LogP contribution in [-0.2, 0) is 19.1 Å². The SMILES string of the molecule is CC1(C=O)CCCCCCC2CCC(C1)C(=O)OC2=O. The fourth-order valence-electron chi connectivity index (χ4n) is 3.40. The number of carbonyl (C=O) groups is 3. The van der Waals surface area contributed by atoms with Gasteiger partial charge in [-0.05, 0) is 32.1 Å². The van der Waals surface area contributed by atoms with Crippen LogP contribution < -0.4 is 0 Å². The second-order valence-electron chi connectivity index (χ2n) is 6.64. The first kappa shape index (κ1) is 15.2. The van der Waals surface area contributed by atoms with Gasteiger partial charge in [0, 0.05) is 5.41 Å². The van der Waals surface area contributed by atoms with E-state index in [1.54, 1.807) is 0 Å². The molecule has 3 unspecified atom stereocenters. The standard InChI is InChI=1S/C16H24O4/c1-16(11-17)9-5-3-2-4-6-12-7-8-13(10-16)15(19)20-14(12)18/h11-13H,2-10H2,1H3. The van der Waals surface area contributed by atoms with Crippen LogP contribution in [0, 0.1) is 17.3 Å². The zero-order chi connectivity index (χ0) is 14.6. The van der Waals surface area contributed by atoms with Crippen molar-refractivity contribution in [2.75, 3.05) is 0 Å². The van der Waals surface area contributed by atoms with E-state index in [0.29, 0.717) is 19.3 Å². The zero-order valence-electron chi connectivity index (χ0n) is 12.2. The van der Waals surface area contributed by atoms with Crippen LogP contribution >= 0.6 is 0 Å². The van der Waals surface area contributed by atoms with Crippen LogP contribution in [0.15, 0.2) is 0 Å². The number of cyclic esters (lactones) is 2.